The van der Waals surface area contributed by atoms with Gasteiger partial charge < -0.3 is 11.1 Å². The van der Waals surface area contributed by atoms with Crippen molar-refractivity contribution in [3.63, 3.8) is 0 Å². The Labute approximate surface area is 114 Å². The molecule has 0 spiro atoms. The van der Waals surface area contributed by atoms with Gasteiger partial charge in [0.15, 0.2) is 0 Å². The second-order valence-electron chi connectivity index (χ2n) is 4.01. The Kier molecular flexibility index (Phi) is 4.95. The molecule has 2 rings (SSSR count). The standard InChI is InChI=1S/C11H12F2N2OS.ClH/c12-10(13)17-8-3-1-7(2-4-8)15-9(16)11(14)5-6-11;/h1-4,10H,5-6,14H2,(H,15,16);1H. The molecular weight excluding hydrogens is 282 g/mol. The number of alkyl halides is 2. The number of nitrogens with one attached hydrogen (secondary N) is 1. The predicted molar refractivity (Wildman–Crippen MR) is 70.3 cm³/mol. The number of benzene rings is 1. The van der Waals surface area contributed by atoms with E-state index in [2.05, 4.69) is 5.32 Å². The molecule has 0 saturated heterocycles. The summed E-state index contributed by atoms with van der Waals surface area (Å²) < 4.78 is 24.1. The van der Waals surface area contributed by atoms with Gasteiger partial charge in [-0.15, -0.1) is 12.4 Å². The predicted octanol–water partition coefficient (Wildman–Crippen LogP) is 2.85. The number of anilines is 1. The Balaban J connectivity index is 0.00000162. The van der Waals surface area contributed by atoms with Crippen LogP contribution in [0.15, 0.2) is 29.2 Å². The van der Waals surface area contributed by atoms with Crippen molar-refractivity contribution in [2.24, 2.45) is 5.73 Å². The largest absolute Gasteiger partial charge is 0.324 e. The molecule has 3 nitrogen and oxygen atoms in total. The average molecular weight is 295 g/mol. The monoisotopic (exact) mass is 294 g/mol. The molecule has 0 atom stereocenters. The number of halogens is 3. The van der Waals surface area contributed by atoms with E-state index in [1.165, 1.54) is 0 Å². The third kappa shape index (κ3) is 3.83. The van der Waals surface area contributed by atoms with Crippen molar-refractivity contribution >= 4 is 35.8 Å². The van der Waals surface area contributed by atoms with Crippen LogP contribution in [0.5, 0.6) is 0 Å². The average Bonchev–Trinajstić information content (AvgIpc) is 3.00. The molecule has 0 bridgehead atoms. The van der Waals surface area contributed by atoms with E-state index in [4.69, 9.17) is 5.73 Å². The molecule has 1 aliphatic carbocycles. The molecule has 100 valence electrons. The minimum Gasteiger partial charge on any atom is -0.324 e. The summed E-state index contributed by atoms with van der Waals surface area (Å²) >= 11 is 0.473. The van der Waals surface area contributed by atoms with Crippen LogP contribution in [-0.2, 0) is 4.79 Å². The SMILES string of the molecule is Cl.NC1(C(=O)Nc2ccc(SC(F)F)cc2)CC1. The molecule has 7 heteroatoms. The Hall–Kier alpha value is -0.850. The normalized spacial score (nSPS) is 16.0. The van der Waals surface area contributed by atoms with Crippen LogP contribution in [0.2, 0.25) is 0 Å². The number of thioether (sulfide) groups is 1. The molecule has 3 N–H and O–H groups in total. The highest BCUT2D eigenvalue weighted by atomic mass is 35.5. The lowest BCUT2D eigenvalue weighted by molar-refractivity contribution is -0.118. The van der Waals surface area contributed by atoms with Gasteiger partial charge in [0.1, 0.15) is 0 Å². The number of carbonyl (C=O) groups excluding carboxylic acids is 1. The van der Waals surface area contributed by atoms with E-state index in [9.17, 15) is 13.6 Å². The van der Waals surface area contributed by atoms with Crippen molar-refractivity contribution < 1.29 is 13.6 Å². The fourth-order valence-corrected chi connectivity index (χ4v) is 1.84. The molecular formula is C11H13ClF2N2OS. The zero-order chi connectivity index (χ0) is 12.5. The number of nitrogens with two attached hydrogens (primary N) is 1. The maximum atomic E-state index is 12.1. The van der Waals surface area contributed by atoms with Gasteiger partial charge in [0.25, 0.3) is 5.76 Å². The van der Waals surface area contributed by atoms with E-state index in [-0.39, 0.29) is 18.3 Å². The van der Waals surface area contributed by atoms with E-state index in [1.54, 1.807) is 24.3 Å². The molecule has 1 fully saturated rings. The van der Waals surface area contributed by atoms with Crippen LogP contribution >= 0.6 is 24.2 Å². The first-order chi connectivity index (χ1) is 7.99. The Morgan fingerprint density at radius 1 is 1.33 bits per heavy atom. The van der Waals surface area contributed by atoms with Crippen molar-refractivity contribution in [1.29, 1.82) is 0 Å². The number of amides is 1. The summed E-state index contributed by atoms with van der Waals surface area (Å²) in [5.41, 5.74) is 5.57. The first-order valence-electron chi connectivity index (χ1n) is 5.15. The van der Waals surface area contributed by atoms with Gasteiger partial charge in [-0.3, -0.25) is 4.79 Å². The van der Waals surface area contributed by atoms with Crippen molar-refractivity contribution in [3.05, 3.63) is 24.3 Å². The van der Waals surface area contributed by atoms with Crippen molar-refractivity contribution in [2.45, 2.75) is 29.0 Å². The zero-order valence-corrected chi connectivity index (χ0v) is 11.0. The molecule has 0 radical (unpaired) electrons. The molecule has 18 heavy (non-hydrogen) atoms. The van der Waals surface area contributed by atoms with E-state index in [0.717, 1.165) is 0 Å². The van der Waals surface area contributed by atoms with Gasteiger partial charge in [0, 0.05) is 10.6 Å². The fraction of sp³-hybridized carbons (Fsp3) is 0.364. The zero-order valence-electron chi connectivity index (χ0n) is 9.36. The summed E-state index contributed by atoms with van der Waals surface area (Å²) in [5.74, 6) is -2.65. The first kappa shape index (κ1) is 15.2. The highest BCUT2D eigenvalue weighted by molar-refractivity contribution is 7.99. The summed E-state index contributed by atoms with van der Waals surface area (Å²) in [6.07, 6.45) is 1.39. The maximum absolute atomic E-state index is 12.1. The van der Waals surface area contributed by atoms with Gasteiger partial charge >= 0.3 is 0 Å². The molecule has 0 heterocycles. The molecule has 1 saturated carbocycles. The molecule has 1 aliphatic rings. The highest BCUT2D eigenvalue weighted by Gasteiger charge is 2.45. The van der Waals surface area contributed by atoms with E-state index in [0.29, 0.717) is 35.2 Å². The summed E-state index contributed by atoms with van der Waals surface area (Å²) in [7, 11) is 0. The van der Waals surface area contributed by atoms with Gasteiger partial charge in [-0.05, 0) is 37.1 Å². The fourth-order valence-electron chi connectivity index (χ4n) is 1.34. The van der Waals surface area contributed by atoms with Crippen molar-refractivity contribution in [3.8, 4) is 0 Å². The second kappa shape index (κ2) is 5.86. The summed E-state index contributed by atoms with van der Waals surface area (Å²) in [6, 6.07) is 6.27. The Morgan fingerprint density at radius 2 is 1.89 bits per heavy atom. The number of hydrogen-bond acceptors (Lipinski definition) is 3. The van der Waals surface area contributed by atoms with Crippen LogP contribution in [0.1, 0.15) is 12.8 Å². The number of carbonyl (C=O) groups is 1. The van der Waals surface area contributed by atoms with E-state index >= 15 is 0 Å². The number of hydrogen-bond donors (Lipinski definition) is 2. The molecule has 0 unspecified atom stereocenters. The first-order valence-corrected chi connectivity index (χ1v) is 6.03. The van der Waals surface area contributed by atoms with E-state index in [1.807, 2.05) is 0 Å². The highest BCUT2D eigenvalue weighted by Crippen LogP contribution is 2.33. The van der Waals surface area contributed by atoms with E-state index < -0.39 is 11.3 Å². The second-order valence-corrected chi connectivity index (χ2v) is 5.08. The third-order valence-corrected chi connectivity index (χ3v) is 3.30. The molecule has 1 aromatic rings. The van der Waals surface area contributed by atoms with Crippen molar-refractivity contribution in [2.75, 3.05) is 5.32 Å². The van der Waals surface area contributed by atoms with Crippen LogP contribution in [0, 0.1) is 0 Å². The third-order valence-electron chi connectivity index (χ3n) is 2.58. The van der Waals surface area contributed by atoms with Gasteiger partial charge in [0.2, 0.25) is 5.91 Å². The minimum atomic E-state index is -2.44. The lowest BCUT2D eigenvalue weighted by Gasteiger charge is -2.10. The molecule has 0 aromatic heterocycles. The molecule has 0 aliphatic heterocycles. The van der Waals surface area contributed by atoms with Crippen LogP contribution in [0.25, 0.3) is 0 Å². The van der Waals surface area contributed by atoms with Crippen LogP contribution in [-0.4, -0.2) is 17.2 Å². The molecule has 1 amide bonds. The number of rotatable bonds is 4. The minimum absolute atomic E-state index is 0. The lowest BCUT2D eigenvalue weighted by atomic mass is 10.2. The topological polar surface area (TPSA) is 55.1 Å². The summed E-state index contributed by atoms with van der Waals surface area (Å²) in [6.45, 7) is 0. The quantitative estimate of drug-likeness (QED) is 0.840. The summed E-state index contributed by atoms with van der Waals surface area (Å²) in [4.78, 5) is 12.1. The van der Waals surface area contributed by atoms with Gasteiger partial charge in [-0.1, -0.05) is 11.8 Å². The van der Waals surface area contributed by atoms with Crippen LogP contribution in [0.4, 0.5) is 14.5 Å². The smallest absolute Gasteiger partial charge is 0.288 e. The Morgan fingerprint density at radius 3 is 2.33 bits per heavy atom. The van der Waals surface area contributed by atoms with Gasteiger partial charge in [-0.2, -0.15) is 8.78 Å². The van der Waals surface area contributed by atoms with Crippen LogP contribution < -0.4 is 11.1 Å². The lowest BCUT2D eigenvalue weighted by Crippen LogP contribution is -2.37. The Bertz CT molecular complexity index is 424. The van der Waals surface area contributed by atoms with Gasteiger partial charge in [0.05, 0.1) is 5.54 Å². The van der Waals surface area contributed by atoms with Crippen LogP contribution in [0.3, 0.4) is 0 Å². The van der Waals surface area contributed by atoms with Gasteiger partial charge in [-0.25, -0.2) is 0 Å². The maximum Gasteiger partial charge on any atom is 0.288 e. The van der Waals surface area contributed by atoms with Crippen molar-refractivity contribution in [1.82, 2.24) is 0 Å². The molecule has 1 aromatic carbocycles. The summed E-state index contributed by atoms with van der Waals surface area (Å²) in [5, 5.41) is 2.66.